The summed E-state index contributed by atoms with van der Waals surface area (Å²) in [7, 11) is 0. The Labute approximate surface area is 62.4 Å². The van der Waals surface area contributed by atoms with E-state index in [0.29, 0.717) is 5.41 Å². The zero-order chi connectivity index (χ0) is 7.71. The fourth-order valence-electron chi connectivity index (χ4n) is 1.59. The molecule has 0 aromatic heterocycles. The molecule has 0 saturated carbocycles. The fourth-order valence-corrected chi connectivity index (χ4v) is 8.27. The summed E-state index contributed by atoms with van der Waals surface area (Å²) in [6.07, 6.45) is 0. The third-order valence-electron chi connectivity index (χ3n) is 1.06. The first-order valence-electron chi connectivity index (χ1n) is 3.71. The molecule has 0 fully saturated rings. The van der Waals surface area contributed by atoms with Gasteiger partial charge in [0.05, 0.1) is 0 Å². The Bertz CT molecular complexity index is 69.7. The molecular formula is C8H20Ge. The molecule has 0 amide bonds. The Morgan fingerprint density at radius 3 is 1.33 bits per heavy atom. The van der Waals surface area contributed by atoms with Gasteiger partial charge in [0.25, 0.3) is 0 Å². The van der Waals surface area contributed by atoms with Gasteiger partial charge in [0.2, 0.25) is 0 Å². The summed E-state index contributed by atoms with van der Waals surface area (Å²) in [4.78, 5) is 0. The molecule has 0 saturated heterocycles. The molecule has 0 rings (SSSR count). The van der Waals surface area contributed by atoms with Gasteiger partial charge < -0.3 is 0 Å². The van der Waals surface area contributed by atoms with Crippen LogP contribution in [0.4, 0.5) is 0 Å². The molecule has 0 unspecified atom stereocenters. The molecule has 0 spiro atoms. The Balaban J connectivity index is 3.75. The third kappa shape index (κ3) is 8.54. The maximum absolute atomic E-state index is 2.48. The van der Waals surface area contributed by atoms with Gasteiger partial charge in [0.15, 0.2) is 0 Å². The standard InChI is InChI=1S/C8H20Ge/c1-8(2,3)7-9(4,5)6/h7H2,1-6H3. The summed E-state index contributed by atoms with van der Waals surface area (Å²) >= 11 is -1.24. The van der Waals surface area contributed by atoms with Crippen molar-refractivity contribution >= 4 is 13.3 Å². The van der Waals surface area contributed by atoms with Crippen LogP contribution in [-0.2, 0) is 0 Å². The zero-order valence-electron chi connectivity index (χ0n) is 7.71. The van der Waals surface area contributed by atoms with Crippen LogP contribution in [0.2, 0.25) is 22.5 Å². The van der Waals surface area contributed by atoms with Crippen molar-refractivity contribution in [2.75, 3.05) is 0 Å². The first-order chi connectivity index (χ1) is 3.71. The summed E-state index contributed by atoms with van der Waals surface area (Å²) in [6.45, 7) is 7.01. The Hall–Kier alpha value is 0.543. The van der Waals surface area contributed by atoms with E-state index in [-0.39, 0.29) is 0 Å². The van der Waals surface area contributed by atoms with E-state index in [1.165, 1.54) is 5.25 Å². The van der Waals surface area contributed by atoms with Crippen LogP contribution in [0.25, 0.3) is 0 Å². The van der Waals surface area contributed by atoms with Crippen molar-refractivity contribution in [2.45, 2.75) is 43.3 Å². The Morgan fingerprint density at radius 2 is 1.33 bits per heavy atom. The van der Waals surface area contributed by atoms with E-state index in [2.05, 4.69) is 38.0 Å². The van der Waals surface area contributed by atoms with Crippen molar-refractivity contribution in [3.05, 3.63) is 0 Å². The summed E-state index contributed by atoms with van der Waals surface area (Å²) in [5.74, 6) is 7.43. The quantitative estimate of drug-likeness (QED) is 0.554. The van der Waals surface area contributed by atoms with Gasteiger partial charge in [-0.25, -0.2) is 0 Å². The second kappa shape index (κ2) is 2.65. The van der Waals surface area contributed by atoms with Crippen molar-refractivity contribution in [3.8, 4) is 0 Å². The van der Waals surface area contributed by atoms with Crippen molar-refractivity contribution in [1.82, 2.24) is 0 Å². The number of hydrogen-bond donors (Lipinski definition) is 0. The van der Waals surface area contributed by atoms with Gasteiger partial charge in [-0.3, -0.25) is 0 Å². The fraction of sp³-hybridized carbons (Fsp3) is 1.00. The van der Waals surface area contributed by atoms with Gasteiger partial charge in [0, 0.05) is 0 Å². The predicted octanol–water partition coefficient (Wildman–Crippen LogP) is 3.37. The molecule has 0 nitrogen and oxygen atoms in total. The average molecular weight is 189 g/mol. The van der Waals surface area contributed by atoms with E-state index < -0.39 is 13.3 Å². The van der Waals surface area contributed by atoms with Gasteiger partial charge in [0.1, 0.15) is 0 Å². The molecular weight excluding hydrogens is 169 g/mol. The van der Waals surface area contributed by atoms with Crippen molar-refractivity contribution in [2.24, 2.45) is 5.41 Å². The monoisotopic (exact) mass is 190 g/mol. The normalized spacial score (nSPS) is 14.0. The van der Waals surface area contributed by atoms with Gasteiger partial charge >= 0.3 is 62.0 Å². The topological polar surface area (TPSA) is 0 Å². The molecule has 0 N–H and O–H groups in total. The van der Waals surface area contributed by atoms with E-state index in [4.69, 9.17) is 0 Å². The predicted molar refractivity (Wildman–Crippen MR) is 47.6 cm³/mol. The van der Waals surface area contributed by atoms with Crippen LogP contribution in [-0.4, -0.2) is 13.3 Å². The van der Waals surface area contributed by atoms with Crippen LogP contribution in [0, 0.1) is 5.41 Å². The third-order valence-corrected chi connectivity index (χ3v) is 5.51. The molecule has 0 aliphatic carbocycles. The SMILES string of the molecule is CC(C)(C)[CH2][Ge]([CH3])([CH3])[CH3]. The molecule has 56 valence electrons. The molecule has 0 bridgehead atoms. The summed E-state index contributed by atoms with van der Waals surface area (Å²) < 4.78 is 0. The number of rotatable bonds is 1. The second-order valence-corrected chi connectivity index (χ2v) is 16.8. The van der Waals surface area contributed by atoms with Gasteiger partial charge in [-0.15, -0.1) is 0 Å². The second-order valence-electron chi connectivity index (χ2n) is 5.30. The van der Waals surface area contributed by atoms with E-state index in [0.717, 1.165) is 0 Å². The molecule has 0 heterocycles. The average Bonchev–Trinajstić information content (AvgIpc) is 1.14. The van der Waals surface area contributed by atoms with Crippen LogP contribution >= 0.6 is 0 Å². The molecule has 0 atom stereocenters. The van der Waals surface area contributed by atoms with E-state index >= 15 is 0 Å². The van der Waals surface area contributed by atoms with Crippen LogP contribution in [0.5, 0.6) is 0 Å². The van der Waals surface area contributed by atoms with Crippen LogP contribution < -0.4 is 0 Å². The molecule has 0 radical (unpaired) electrons. The minimum absolute atomic E-state index is 0.568. The van der Waals surface area contributed by atoms with Crippen molar-refractivity contribution in [3.63, 3.8) is 0 Å². The molecule has 0 aromatic carbocycles. The first-order valence-corrected chi connectivity index (χ1v) is 11.5. The Morgan fingerprint density at radius 1 is 1.00 bits per heavy atom. The number of hydrogen-bond acceptors (Lipinski definition) is 0. The van der Waals surface area contributed by atoms with Crippen molar-refractivity contribution in [1.29, 1.82) is 0 Å². The summed E-state index contributed by atoms with van der Waals surface area (Å²) in [5, 5.41) is 1.48. The van der Waals surface area contributed by atoms with E-state index in [1.54, 1.807) is 0 Å². The summed E-state index contributed by atoms with van der Waals surface area (Å²) in [6, 6.07) is 0. The zero-order valence-corrected chi connectivity index (χ0v) is 9.81. The van der Waals surface area contributed by atoms with Gasteiger partial charge in [-0.05, 0) is 0 Å². The Kier molecular flexibility index (Phi) is 2.81. The van der Waals surface area contributed by atoms with Crippen LogP contribution in [0.15, 0.2) is 0 Å². The van der Waals surface area contributed by atoms with Crippen molar-refractivity contribution < 1.29 is 0 Å². The van der Waals surface area contributed by atoms with Gasteiger partial charge in [-0.1, -0.05) is 0 Å². The van der Waals surface area contributed by atoms with Crippen LogP contribution in [0.3, 0.4) is 0 Å². The van der Waals surface area contributed by atoms with Crippen LogP contribution in [0.1, 0.15) is 20.8 Å². The molecule has 9 heavy (non-hydrogen) atoms. The molecule has 0 aliphatic heterocycles. The van der Waals surface area contributed by atoms with Gasteiger partial charge in [-0.2, -0.15) is 0 Å². The minimum atomic E-state index is -1.24. The molecule has 0 aliphatic rings. The molecule has 1 heteroatoms. The molecule has 0 aromatic rings. The van der Waals surface area contributed by atoms with E-state index in [1.807, 2.05) is 0 Å². The first kappa shape index (κ1) is 9.54. The maximum atomic E-state index is 2.48. The van der Waals surface area contributed by atoms with E-state index in [9.17, 15) is 0 Å². The summed E-state index contributed by atoms with van der Waals surface area (Å²) in [5.41, 5.74) is 0.568.